The molecule has 2 atom stereocenters. The summed E-state index contributed by atoms with van der Waals surface area (Å²) >= 11 is 0. The van der Waals surface area contributed by atoms with Crippen LogP contribution in [0.25, 0.3) is 0 Å². The van der Waals surface area contributed by atoms with E-state index in [-0.39, 0.29) is 12.0 Å². The molecule has 1 fully saturated rings. The van der Waals surface area contributed by atoms with Gasteiger partial charge in [-0.05, 0) is 31.2 Å². The molecule has 0 aliphatic carbocycles. The zero-order valence-corrected chi connectivity index (χ0v) is 11.1. The maximum atomic E-state index is 12.1. The number of ether oxygens (including phenoxy) is 1. The molecular weight excluding hydrogens is 224 g/mol. The predicted molar refractivity (Wildman–Crippen MR) is 72.5 cm³/mol. The predicted octanol–water partition coefficient (Wildman–Crippen LogP) is 3.39. The first-order valence-electron chi connectivity index (χ1n) is 6.99. The lowest BCUT2D eigenvalue weighted by molar-refractivity contribution is -0.124. The van der Waals surface area contributed by atoms with Crippen LogP contribution in [0.15, 0.2) is 30.3 Å². The Balaban J connectivity index is 1.75. The summed E-state index contributed by atoms with van der Waals surface area (Å²) in [6, 6.07) is 10.4. The Morgan fingerprint density at radius 2 is 2.11 bits per heavy atom. The van der Waals surface area contributed by atoms with Gasteiger partial charge in [0.25, 0.3) is 0 Å². The summed E-state index contributed by atoms with van der Waals surface area (Å²) in [4.78, 5) is 12.1. The SMILES string of the molecule is CCC1OCCC1C(=O)CCCc1ccccc1. The number of aryl methyl sites for hydroxylation is 1. The van der Waals surface area contributed by atoms with E-state index in [1.165, 1.54) is 5.56 Å². The molecule has 1 aromatic rings. The van der Waals surface area contributed by atoms with Crippen molar-refractivity contribution in [2.75, 3.05) is 6.61 Å². The first-order valence-corrected chi connectivity index (χ1v) is 6.99. The molecule has 18 heavy (non-hydrogen) atoms. The van der Waals surface area contributed by atoms with Crippen LogP contribution in [-0.4, -0.2) is 18.5 Å². The molecule has 1 aliphatic heterocycles. The number of carbonyl (C=O) groups is 1. The number of rotatable bonds is 6. The number of hydrogen-bond donors (Lipinski definition) is 0. The molecule has 98 valence electrons. The van der Waals surface area contributed by atoms with E-state index in [2.05, 4.69) is 31.2 Å². The Hall–Kier alpha value is -1.15. The van der Waals surface area contributed by atoms with Crippen LogP contribution in [-0.2, 0) is 16.0 Å². The zero-order chi connectivity index (χ0) is 12.8. The lowest BCUT2D eigenvalue weighted by Crippen LogP contribution is -2.23. The summed E-state index contributed by atoms with van der Waals surface area (Å²) in [6.45, 7) is 2.85. The molecule has 0 bridgehead atoms. The van der Waals surface area contributed by atoms with Crippen molar-refractivity contribution in [2.24, 2.45) is 5.92 Å². The van der Waals surface area contributed by atoms with Gasteiger partial charge in [0.05, 0.1) is 6.10 Å². The van der Waals surface area contributed by atoms with Gasteiger partial charge in [-0.15, -0.1) is 0 Å². The standard InChI is InChI=1S/C16H22O2/c1-2-16-14(11-12-18-16)15(17)10-6-9-13-7-4-3-5-8-13/h3-5,7-8,14,16H,2,6,9-12H2,1H3. The van der Waals surface area contributed by atoms with Crippen molar-refractivity contribution in [1.82, 2.24) is 0 Å². The highest BCUT2D eigenvalue weighted by Gasteiger charge is 2.31. The van der Waals surface area contributed by atoms with E-state index < -0.39 is 0 Å². The second-order valence-corrected chi connectivity index (χ2v) is 5.02. The molecule has 2 heteroatoms. The van der Waals surface area contributed by atoms with Crippen LogP contribution in [0.3, 0.4) is 0 Å². The van der Waals surface area contributed by atoms with E-state index in [0.717, 1.165) is 32.3 Å². The summed E-state index contributed by atoms with van der Waals surface area (Å²) in [5, 5.41) is 0. The molecule has 2 nitrogen and oxygen atoms in total. The lowest BCUT2D eigenvalue weighted by atomic mass is 9.91. The summed E-state index contributed by atoms with van der Waals surface area (Å²) in [5.41, 5.74) is 1.32. The fraction of sp³-hybridized carbons (Fsp3) is 0.562. The third kappa shape index (κ3) is 3.42. The molecule has 1 heterocycles. The van der Waals surface area contributed by atoms with Crippen LogP contribution in [0.1, 0.15) is 38.2 Å². The van der Waals surface area contributed by atoms with Gasteiger partial charge >= 0.3 is 0 Å². The van der Waals surface area contributed by atoms with Gasteiger partial charge in [0, 0.05) is 18.9 Å². The van der Waals surface area contributed by atoms with Crippen molar-refractivity contribution < 1.29 is 9.53 Å². The molecule has 2 rings (SSSR count). The fourth-order valence-corrected chi connectivity index (χ4v) is 2.72. The van der Waals surface area contributed by atoms with E-state index in [9.17, 15) is 4.79 Å². The van der Waals surface area contributed by atoms with E-state index in [1.807, 2.05) is 6.07 Å². The summed E-state index contributed by atoms with van der Waals surface area (Å²) in [7, 11) is 0. The molecule has 0 radical (unpaired) electrons. The Morgan fingerprint density at radius 1 is 1.33 bits per heavy atom. The molecule has 0 spiro atoms. The first kappa shape index (κ1) is 13.3. The van der Waals surface area contributed by atoms with Gasteiger partial charge in [-0.2, -0.15) is 0 Å². The third-order valence-electron chi connectivity index (χ3n) is 3.76. The summed E-state index contributed by atoms with van der Waals surface area (Å²) in [6.07, 6.45) is 4.69. The van der Waals surface area contributed by atoms with E-state index in [1.54, 1.807) is 0 Å². The number of carbonyl (C=O) groups excluding carboxylic acids is 1. The second-order valence-electron chi connectivity index (χ2n) is 5.02. The Labute approximate surface area is 109 Å². The van der Waals surface area contributed by atoms with Gasteiger partial charge in [0.1, 0.15) is 5.78 Å². The van der Waals surface area contributed by atoms with Crippen LogP contribution in [0, 0.1) is 5.92 Å². The minimum absolute atomic E-state index is 0.158. The largest absolute Gasteiger partial charge is 0.377 e. The molecule has 0 saturated carbocycles. The van der Waals surface area contributed by atoms with Crippen LogP contribution in [0.4, 0.5) is 0 Å². The zero-order valence-electron chi connectivity index (χ0n) is 11.1. The average molecular weight is 246 g/mol. The Morgan fingerprint density at radius 3 is 2.83 bits per heavy atom. The van der Waals surface area contributed by atoms with Crippen molar-refractivity contribution in [3.63, 3.8) is 0 Å². The quantitative estimate of drug-likeness (QED) is 0.769. The fourth-order valence-electron chi connectivity index (χ4n) is 2.72. The number of benzene rings is 1. The molecule has 0 amide bonds. The Kier molecular flexibility index (Phi) is 4.94. The average Bonchev–Trinajstić information content (AvgIpc) is 2.88. The lowest BCUT2D eigenvalue weighted by Gasteiger charge is -2.15. The van der Waals surface area contributed by atoms with Crippen molar-refractivity contribution in [3.05, 3.63) is 35.9 Å². The monoisotopic (exact) mass is 246 g/mol. The summed E-state index contributed by atoms with van der Waals surface area (Å²) in [5.74, 6) is 0.557. The first-order chi connectivity index (χ1) is 8.81. The van der Waals surface area contributed by atoms with Gasteiger partial charge in [0.15, 0.2) is 0 Å². The van der Waals surface area contributed by atoms with Gasteiger partial charge < -0.3 is 4.74 Å². The Bertz CT molecular complexity index is 372. The van der Waals surface area contributed by atoms with Gasteiger partial charge in [-0.1, -0.05) is 37.3 Å². The number of Topliss-reactive ketones (excluding diaryl/α,β-unsaturated/α-hetero) is 1. The smallest absolute Gasteiger partial charge is 0.138 e. The van der Waals surface area contributed by atoms with Crippen molar-refractivity contribution in [3.8, 4) is 0 Å². The highest BCUT2D eigenvalue weighted by molar-refractivity contribution is 5.81. The summed E-state index contributed by atoms with van der Waals surface area (Å²) < 4.78 is 5.58. The maximum absolute atomic E-state index is 12.1. The molecule has 1 aromatic carbocycles. The van der Waals surface area contributed by atoms with Crippen molar-refractivity contribution in [1.29, 1.82) is 0 Å². The van der Waals surface area contributed by atoms with E-state index >= 15 is 0 Å². The van der Waals surface area contributed by atoms with Crippen LogP contribution >= 0.6 is 0 Å². The molecule has 1 aliphatic rings. The van der Waals surface area contributed by atoms with Crippen LogP contribution in [0.2, 0.25) is 0 Å². The third-order valence-corrected chi connectivity index (χ3v) is 3.76. The molecule has 0 N–H and O–H groups in total. The van der Waals surface area contributed by atoms with Gasteiger partial charge in [-0.3, -0.25) is 4.79 Å². The minimum atomic E-state index is 0.158. The molecule has 0 aromatic heterocycles. The van der Waals surface area contributed by atoms with Crippen molar-refractivity contribution >= 4 is 5.78 Å². The second kappa shape index (κ2) is 6.69. The van der Waals surface area contributed by atoms with Crippen LogP contribution < -0.4 is 0 Å². The number of hydrogen-bond acceptors (Lipinski definition) is 2. The van der Waals surface area contributed by atoms with Crippen LogP contribution in [0.5, 0.6) is 0 Å². The van der Waals surface area contributed by atoms with Crippen molar-refractivity contribution in [2.45, 2.75) is 45.1 Å². The van der Waals surface area contributed by atoms with Gasteiger partial charge in [0.2, 0.25) is 0 Å². The van der Waals surface area contributed by atoms with E-state index in [0.29, 0.717) is 12.2 Å². The normalized spacial score (nSPS) is 23.2. The highest BCUT2D eigenvalue weighted by atomic mass is 16.5. The topological polar surface area (TPSA) is 26.3 Å². The maximum Gasteiger partial charge on any atom is 0.138 e. The highest BCUT2D eigenvalue weighted by Crippen LogP contribution is 2.25. The van der Waals surface area contributed by atoms with Gasteiger partial charge in [-0.25, -0.2) is 0 Å². The van der Waals surface area contributed by atoms with E-state index in [4.69, 9.17) is 4.74 Å². The molecular formula is C16H22O2. The minimum Gasteiger partial charge on any atom is -0.377 e. The number of ketones is 1. The molecule has 2 unspecified atom stereocenters. The molecule has 1 saturated heterocycles.